The van der Waals surface area contributed by atoms with Gasteiger partial charge in [0, 0.05) is 0 Å². The number of carboxylic acid groups (broad SMARTS) is 1. The van der Waals surface area contributed by atoms with Gasteiger partial charge >= 0.3 is 18.3 Å². The van der Waals surface area contributed by atoms with Gasteiger partial charge in [-0.3, -0.25) is 4.79 Å². The van der Waals surface area contributed by atoms with Crippen LogP contribution in [0.5, 0.6) is 11.5 Å². The van der Waals surface area contributed by atoms with Gasteiger partial charge in [-0.1, -0.05) is 73.7 Å². The van der Waals surface area contributed by atoms with E-state index in [1.54, 1.807) is 14.2 Å². The second kappa shape index (κ2) is 17.3. The summed E-state index contributed by atoms with van der Waals surface area (Å²) in [4.78, 5) is 43.2. The Kier molecular flexibility index (Phi) is 13.5. The Labute approximate surface area is 249 Å². The molecule has 0 fully saturated rings. The van der Waals surface area contributed by atoms with E-state index in [1.807, 2.05) is 49.4 Å². The molecule has 0 bridgehead atoms. The number of carbonyl (C=O) groups excluding carboxylic acids is 4. The summed E-state index contributed by atoms with van der Waals surface area (Å²) in [6, 6.07) is 33.1. The SMILES string of the molecule is COc1ccc2cc(-c3ccccc3C)ccc2c1.COc1ccc2cc(C(C)CC(=O)O)ccc2c1.O=C=O.O=C=O. The van der Waals surface area contributed by atoms with Gasteiger partial charge in [-0.05, 0) is 87.0 Å². The highest BCUT2D eigenvalue weighted by Gasteiger charge is 2.10. The summed E-state index contributed by atoms with van der Waals surface area (Å²) in [7, 11) is 3.34. The van der Waals surface area contributed by atoms with Gasteiger partial charge in [0.05, 0.1) is 20.6 Å². The highest BCUT2D eigenvalue weighted by Crippen LogP contribution is 2.29. The van der Waals surface area contributed by atoms with E-state index in [9.17, 15) is 4.79 Å². The molecule has 1 atom stereocenters. The van der Waals surface area contributed by atoms with E-state index in [0.29, 0.717) is 0 Å². The average Bonchev–Trinajstić information content (AvgIpc) is 3.01. The van der Waals surface area contributed by atoms with Crippen molar-refractivity contribution >= 4 is 39.8 Å². The van der Waals surface area contributed by atoms with Crippen molar-refractivity contribution in [2.24, 2.45) is 0 Å². The van der Waals surface area contributed by atoms with Crippen molar-refractivity contribution in [1.29, 1.82) is 0 Å². The third-order valence-electron chi connectivity index (χ3n) is 6.62. The molecule has 220 valence electrons. The number of carboxylic acids is 1. The van der Waals surface area contributed by atoms with Crippen LogP contribution in [0.4, 0.5) is 0 Å². The molecule has 1 N–H and O–H groups in total. The van der Waals surface area contributed by atoms with Crippen LogP contribution in [0.15, 0.2) is 97.1 Å². The van der Waals surface area contributed by atoms with Gasteiger partial charge in [0.2, 0.25) is 0 Å². The van der Waals surface area contributed by atoms with Crippen LogP contribution in [0.1, 0.15) is 30.4 Å². The number of fused-ring (bicyclic) bond motifs is 2. The number of benzene rings is 5. The van der Waals surface area contributed by atoms with Crippen molar-refractivity contribution in [2.45, 2.75) is 26.2 Å². The summed E-state index contributed by atoms with van der Waals surface area (Å²) in [6.07, 6.45) is 0.654. The van der Waals surface area contributed by atoms with Gasteiger partial charge in [-0.15, -0.1) is 0 Å². The monoisotopic (exact) mass is 580 g/mol. The molecule has 0 aliphatic rings. The van der Waals surface area contributed by atoms with E-state index in [-0.39, 0.29) is 24.6 Å². The number of methoxy groups -OCH3 is 2. The fourth-order valence-electron chi connectivity index (χ4n) is 4.47. The summed E-state index contributed by atoms with van der Waals surface area (Å²) in [5, 5.41) is 13.5. The van der Waals surface area contributed by atoms with E-state index in [4.69, 9.17) is 33.8 Å². The lowest BCUT2D eigenvalue weighted by molar-refractivity contribution is -0.193. The van der Waals surface area contributed by atoms with Crippen molar-refractivity contribution in [1.82, 2.24) is 0 Å². The fourth-order valence-corrected chi connectivity index (χ4v) is 4.47. The van der Waals surface area contributed by atoms with Crippen molar-refractivity contribution in [3.8, 4) is 22.6 Å². The zero-order chi connectivity index (χ0) is 31.8. The number of carbonyl (C=O) groups is 1. The predicted octanol–water partition coefficient (Wildman–Crippen LogP) is 7.08. The van der Waals surface area contributed by atoms with Crippen LogP contribution in [0.25, 0.3) is 32.7 Å². The Balaban J connectivity index is 0.000000254. The smallest absolute Gasteiger partial charge is 0.373 e. The number of aryl methyl sites for hydroxylation is 1. The zero-order valence-electron chi connectivity index (χ0n) is 24.3. The second-order valence-corrected chi connectivity index (χ2v) is 9.38. The van der Waals surface area contributed by atoms with E-state index in [1.165, 1.54) is 27.5 Å². The first-order valence-corrected chi connectivity index (χ1v) is 13.1. The van der Waals surface area contributed by atoms with Crippen LogP contribution in [-0.4, -0.2) is 37.6 Å². The predicted molar refractivity (Wildman–Crippen MR) is 162 cm³/mol. The van der Waals surface area contributed by atoms with E-state index >= 15 is 0 Å². The van der Waals surface area contributed by atoms with E-state index in [0.717, 1.165) is 27.8 Å². The largest absolute Gasteiger partial charge is 0.497 e. The number of rotatable bonds is 6. The van der Waals surface area contributed by atoms with Crippen molar-refractivity contribution in [3.63, 3.8) is 0 Å². The Hall–Kier alpha value is -5.55. The summed E-state index contributed by atoms with van der Waals surface area (Å²) >= 11 is 0. The molecule has 5 aromatic carbocycles. The van der Waals surface area contributed by atoms with Crippen molar-refractivity contribution in [2.75, 3.05) is 14.2 Å². The molecule has 0 saturated carbocycles. The molecule has 0 spiro atoms. The maximum Gasteiger partial charge on any atom is 0.373 e. The highest BCUT2D eigenvalue weighted by atomic mass is 16.5. The first-order valence-electron chi connectivity index (χ1n) is 13.1. The van der Waals surface area contributed by atoms with Crippen LogP contribution < -0.4 is 9.47 Å². The molecule has 0 amide bonds. The molecule has 0 aromatic heterocycles. The minimum Gasteiger partial charge on any atom is -0.497 e. The summed E-state index contributed by atoms with van der Waals surface area (Å²) < 4.78 is 10.4. The molecular weight excluding hydrogens is 548 g/mol. The molecule has 0 aliphatic heterocycles. The number of ether oxygens (including phenoxy) is 2. The van der Waals surface area contributed by atoms with Crippen LogP contribution >= 0.6 is 0 Å². The zero-order valence-corrected chi connectivity index (χ0v) is 24.3. The molecular formula is C35H32O8. The second-order valence-electron chi connectivity index (χ2n) is 9.38. The molecule has 0 aliphatic carbocycles. The molecule has 43 heavy (non-hydrogen) atoms. The third-order valence-corrected chi connectivity index (χ3v) is 6.62. The molecule has 0 radical (unpaired) electrons. The molecule has 5 rings (SSSR count). The van der Waals surface area contributed by atoms with Gasteiger partial charge in [0.1, 0.15) is 11.5 Å². The van der Waals surface area contributed by atoms with Gasteiger partial charge in [0.25, 0.3) is 0 Å². The first-order chi connectivity index (χ1) is 20.7. The lowest BCUT2D eigenvalue weighted by Crippen LogP contribution is -2.02. The Morgan fingerprint density at radius 3 is 1.67 bits per heavy atom. The number of hydrogen-bond acceptors (Lipinski definition) is 7. The lowest BCUT2D eigenvalue weighted by Gasteiger charge is -2.10. The minimum absolute atomic E-state index is 0.0222. The summed E-state index contributed by atoms with van der Waals surface area (Å²) in [5.74, 6) is 0.983. The highest BCUT2D eigenvalue weighted by molar-refractivity contribution is 5.89. The summed E-state index contributed by atoms with van der Waals surface area (Å²) in [5.41, 5.74) is 4.90. The third kappa shape index (κ3) is 10.1. The van der Waals surface area contributed by atoms with Crippen LogP contribution in [0, 0.1) is 6.92 Å². The quantitative estimate of drug-likeness (QED) is 0.226. The van der Waals surface area contributed by atoms with Crippen LogP contribution in [0.3, 0.4) is 0 Å². The number of aliphatic carboxylic acids is 1. The summed E-state index contributed by atoms with van der Waals surface area (Å²) in [6.45, 7) is 4.08. The fraction of sp³-hybridized carbons (Fsp3) is 0.171. The minimum atomic E-state index is -0.766. The molecule has 0 saturated heterocycles. The van der Waals surface area contributed by atoms with Gasteiger partial charge < -0.3 is 14.6 Å². The molecule has 0 heterocycles. The van der Waals surface area contributed by atoms with Gasteiger partial charge in [-0.25, -0.2) is 0 Å². The van der Waals surface area contributed by atoms with E-state index in [2.05, 4.69) is 61.5 Å². The van der Waals surface area contributed by atoms with Gasteiger partial charge in [0.15, 0.2) is 0 Å². The van der Waals surface area contributed by atoms with Crippen molar-refractivity contribution < 1.29 is 38.6 Å². The molecule has 5 aromatic rings. The Morgan fingerprint density at radius 1 is 0.698 bits per heavy atom. The maximum absolute atomic E-state index is 10.7. The van der Waals surface area contributed by atoms with Gasteiger partial charge in [-0.2, -0.15) is 19.2 Å². The Morgan fingerprint density at radius 2 is 1.16 bits per heavy atom. The number of hydrogen-bond donors (Lipinski definition) is 1. The van der Waals surface area contributed by atoms with E-state index < -0.39 is 5.97 Å². The average molecular weight is 581 g/mol. The standard InChI is InChI=1S/C18H16O.C15H16O3.2CO2/c1-13-5-3-4-6-18(13)16-8-7-15-12-17(19-2)10-9-14(15)11-16;1-10(7-15(16)17)11-3-4-13-9-14(18-2)6-5-12(13)8-11;2*2-1-3/h3-12H,1-2H3;3-6,8-10H,7H2,1-2H3,(H,16,17);;. The van der Waals surface area contributed by atoms with Crippen molar-refractivity contribution in [3.05, 3.63) is 108 Å². The Bertz CT molecular complexity index is 1720. The molecule has 1 unspecified atom stereocenters. The first kappa shape index (κ1) is 33.7. The topological polar surface area (TPSA) is 124 Å². The van der Waals surface area contributed by atoms with Crippen LogP contribution in [0.2, 0.25) is 0 Å². The van der Waals surface area contributed by atoms with Crippen LogP contribution in [-0.2, 0) is 24.0 Å². The molecule has 8 nitrogen and oxygen atoms in total. The molecule has 8 heteroatoms. The normalized spacial score (nSPS) is 10.2. The lowest BCUT2D eigenvalue weighted by atomic mass is 9.95. The maximum atomic E-state index is 10.7.